The summed E-state index contributed by atoms with van der Waals surface area (Å²) in [5.41, 5.74) is -1.03. The first-order chi connectivity index (χ1) is 14.8. The minimum absolute atomic E-state index is 0.0322. The van der Waals surface area contributed by atoms with Gasteiger partial charge in [-0.15, -0.1) is 0 Å². The number of hydrogen-bond acceptors (Lipinski definition) is 5. The van der Waals surface area contributed by atoms with Crippen LogP contribution < -0.4 is 10.6 Å². The van der Waals surface area contributed by atoms with E-state index in [1.807, 2.05) is 6.92 Å². The second kappa shape index (κ2) is 7.48. The first-order valence-corrected chi connectivity index (χ1v) is 11.9. The minimum atomic E-state index is -0.897. The van der Waals surface area contributed by atoms with Crippen molar-refractivity contribution in [1.29, 1.82) is 0 Å². The predicted molar refractivity (Wildman–Crippen MR) is 111 cm³/mol. The fraction of sp³-hybridized carbons (Fsp3) is 0.826. The molecule has 6 rings (SSSR count). The molecule has 170 valence electrons. The lowest BCUT2D eigenvalue weighted by Gasteiger charge is -2.56. The standard InChI is InChI=1S/C23H33N3O5/c1-14-4-2-3-5-23(14)20(29)26(21(30)25-23)12-19(28)31-13-18(27)24-22-9-15-6-16(10-22)8-17(7-15)11-22/h14-17H,2-13H2,1H3,(H,24,27)(H,25,30)/t14-,15?,16?,17?,22?,23-/m0/s1. The van der Waals surface area contributed by atoms with Gasteiger partial charge < -0.3 is 15.4 Å². The zero-order valence-electron chi connectivity index (χ0n) is 18.3. The van der Waals surface area contributed by atoms with E-state index in [4.69, 9.17) is 4.74 Å². The van der Waals surface area contributed by atoms with Gasteiger partial charge in [-0.2, -0.15) is 0 Å². The third-order valence-corrected chi connectivity index (χ3v) is 8.60. The van der Waals surface area contributed by atoms with Gasteiger partial charge in [0.2, 0.25) is 0 Å². The normalized spacial score (nSPS) is 40.9. The van der Waals surface area contributed by atoms with E-state index < -0.39 is 24.1 Å². The molecule has 5 saturated carbocycles. The number of nitrogens with zero attached hydrogens (tertiary/aromatic N) is 1. The Bertz CT molecular complexity index is 776. The highest BCUT2D eigenvalue weighted by Gasteiger charge is 2.55. The predicted octanol–water partition coefficient (Wildman–Crippen LogP) is 2.12. The van der Waals surface area contributed by atoms with Crippen molar-refractivity contribution in [2.24, 2.45) is 23.7 Å². The summed E-state index contributed by atoms with van der Waals surface area (Å²) in [7, 11) is 0. The van der Waals surface area contributed by atoms with Crippen LogP contribution >= 0.6 is 0 Å². The molecule has 8 heteroatoms. The summed E-state index contributed by atoms with van der Waals surface area (Å²) in [5, 5.41) is 5.99. The molecule has 2 N–H and O–H groups in total. The van der Waals surface area contributed by atoms with Crippen molar-refractivity contribution in [3.05, 3.63) is 0 Å². The van der Waals surface area contributed by atoms with Gasteiger partial charge in [-0.25, -0.2) is 4.79 Å². The fourth-order valence-corrected chi connectivity index (χ4v) is 7.56. The lowest BCUT2D eigenvalue weighted by molar-refractivity contribution is -0.152. The number of carbonyl (C=O) groups excluding carboxylic acids is 4. The maximum Gasteiger partial charge on any atom is 0.326 e. The molecule has 0 unspecified atom stereocenters. The molecule has 1 aliphatic heterocycles. The maximum atomic E-state index is 12.9. The number of amides is 4. The highest BCUT2D eigenvalue weighted by Crippen LogP contribution is 2.55. The van der Waals surface area contributed by atoms with Crippen molar-refractivity contribution < 1.29 is 23.9 Å². The van der Waals surface area contributed by atoms with Gasteiger partial charge in [0.05, 0.1) is 0 Å². The van der Waals surface area contributed by atoms with Crippen molar-refractivity contribution in [2.45, 2.75) is 82.2 Å². The molecule has 6 fully saturated rings. The van der Waals surface area contributed by atoms with Crippen LogP contribution in [-0.2, 0) is 19.1 Å². The molecule has 4 amide bonds. The topological polar surface area (TPSA) is 105 Å². The van der Waals surface area contributed by atoms with Gasteiger partial charge in [0, 0.05) is 5.54 Å². The number of carbonyl (C=O) groups is 4. The van der Waals surface area contributed by atoms with Gasteiger partial charge in [0.1, 0.15) is 12.1 Å². The van der Waals surface area contributed by atoms with Crippen LogP contribution in [-0.4, -0.2) is 52.9 Å². The van der Waals surface area contributed by atoms with Crippen LogP contribution in [0, 0.1) is 23.7 Å². The van der Waals surface area contributed by atoms with Crippen molar-refractivity contribution in [1.82, 2.24) is 15.5 Å². The van der Waals surface area contributed by atoms with Gasteiger partial charge >= 0.3 is 12.0 Å². The second-order valence-corrected chi connectivity index (χ2v) is 10.8. The number of nitrogens with one attached hydrogen (secondary N) is 2. The molecule has 0 aromatic carbocycles. The quantitative estimate of drug-likeness (QED) is 0.512. The van der Waals surface area contributed by atoms with E-state index in [1.54, 1.807) is 0 Å². The molecule has 1 heterocycles. The fourth-order valence-electron chi connectivity index (χ4n) is 7.56. The smallest absolute Gasteiger partial charge is 0.326 e. The van der Waals surface area contributed by atoms with Crippen LogP contribution in [0.1, 0.15) is 71.1 Å². The summed E-state index contributed by atoms with van der Waals surface area (Å²) < 4.78 is 5.15. The van der Waals surface area contributed by atoms with E-state index in [0.717, 1.165) is 43.4 Å². The zero-order chi connectivity index (χ0) is 21.8. The van der Waals surface area contributed by atoms with Gasteiger partial charge in [-0.05, 0) is 75.0 Å². The summed E-state index contributed by atoms with van der Waals surface area (Å²) in [4.78, 5) is 51.2. The average molecular weight is 432 g/mol. The molecule has 1 spiro atoms. The summed E-state index contributed by atoms with van der Waals surface area (Å²) in [6.45, 7) is 1.14. The molecule has 8 nitrogen and oxygen atoms in total. The molecule has 0 aromatic rings. The van der Waals surface area contributed by atoms with Crippen LogP contribution in [0.3, 0.4) is 0 Å². The van der Waals surface area contributed by atoms with Crippen molar-refractivity contribution in [2.75, 3.05) is 13.2 Å². The summed E-state index contributed by atoms with van der Waals surface area (Å²) in [5.74, 6) is 0.800. The van der Waals surface area contributed by atoms with Crippen LogP contribution in [0.5, 0.6) is 0 Å². The van der Waals surface area contributed by atoms with Gasteiger partial charge in [0.15, 0.2) is 6.61 Å². The van der Waals surface area contributed by atoms with Crippen LogP contribution in [0.15, 0.2) is 0 Å². The van der Waals surface area contributed by atoms with E-state index in [1.165, 1.54) is 19.3 Å². The van der Waals surface area contributed by atoms with E-state index in [9.17, 15) is 19.2 Å². The Kier molecular flexibility index (Phi) is 5.01. The van der Waals surface area contributed by atoms with E-state index in [0.29, 0.717) is 24.2 Å². The Balaban J connectivity index is 1.13. The number of hydrogen-bond donors (Lipinski definition) is 2. The third kappa shape index (κ3) is 3.61. The lowest BCUT2D eigenvalue weighted by Crippen LogP contribution is -2.60. The van der Waals surface area contributed by atoms with Gasteiger partial charge in [-0.3, -0.25) is 19.3 Å². The molecule has 6 aliphatic rings. The Morgan fingerprint density at radius 3 is 2.35 bits per heavy atom. The molecule has 0 radical (unpaired) electrons. The van der Waals surface area contributed by atoms with Gasteiger partial charge in [-0.1, -0.05) is 19.8 Å². The first kappa shape index (κ1) is 20.8. The monoisotopic (exact) mass is 431 g/mol. The van der Waals surface area contributed by atoms with Crippen molar-refractivity contribution >= 4 is 23.8 Å². The van der Waals surface area contributed by atoms with E-state index in [2.05, 4.69) is 10.6 Å². The average Bonchev–Trinajstić information content (AvgIpc) is 2.92. The summed E-state index contributed by atoms with van der Waals surface area (Å²) in [6.07, 6.45) is 10.3. The van der Waals surface area contributed by atoms with Crippen LogP contribution in [0.2, 0.25) is 0 Å². The van der Waals surface area contributed by atoms with Crippen molar-refractivity contribution in [3.63, 3.8) is 0 Å². The largest absolute Gasteiger partial charge is 0.454 e. The highest BCUT2D eigenvalue weighted by molar-refractivity contribution is 6.09. The molecule has 1 saturated heterocycles. The third-order valence-electron chi connectivity index (χ3n) is 8.60. The number of imide groups is 1. The number of esters is 1. The lowest BCUT2D eigenvalue weighted by atomic mass is 9.53. The first-order valence-electron chi connectivity index (χ1n) is 11.9. The van der Waals surface area contributed by atoms with E-state index >= 15 is 0 Å². The molecule has 2 atom stereocenters. The Morgan fingerprint density at radius 2 is 1.74 bits per heavy atom. The van der Waals surface area contributed by atoms with Crippen molar-refractivity contribution in [3.8, 4) is 0 Å². The zero-order valence-corrected chi connectivity index (χ0v) is 18.3. The maximum absolute atomic E-state index is 12.9. The van der Waals surface area contributed by atoms with Crippen LogP contribution in [0.4, 0.5) is 4.79 Å². The summed E-state index contributed by atoms with van der Waals surface area (Å²) in [6, 6.07) is -0.547. The Labute approximate surface area is 182 Å². The minimum Gasteiger partial charge on any atom is -0.454 e. The van der Waals surface area contributed by atoms with Crippen LogP contribution in [0.25, 0.3) is 0 Å². The molecule has 0 aromatic heterocycles. The Morgan fingerprint density at radius 1 is 1.10 bits per heavy atom. The molecule has 4 bridgehead atoms. The molecular formula is C23H33N3O5. The van der Waals surface area contributed by atoms with E-state index in [-0.39, 0.29) is 29.9 Å². The Hall–Kier alpha value is -2.12. The number of rotatable bonds is 5. The number of ether oxygens (including phenoxy) is 1. The number of urea groups is 1. The van der Waals surface area contributed by atoms with Gasteiger partial charge in [0.25, 0.3) is 11.8 Å². The SMILES string of the molecule is C[C@H]1CCCC[C@]12NC(=O)N(CC(=O)OCC(=O)NC13CC4CC(CC(C4)C1)C3)C2=O. The molecular weight excluding hydrogens is 398 g/mol. The second-order valence-electron chi connectivity index (χ2n) is 10.8. The highest BCUT2D eigenvalue weighted by atomic mass is 16.5. The molecule has 5 aliphatic carbocycles. The molecule has 31 heavy (non-hydrogen) atoms. The summed E-state index contributed by atoms with van der Waals surface area (Å²) >= 11 is 0.